The normalized spacial score (nSPS) is 14.8. The van der Waals surface area contributed by atoms with Crippen molar-refractivity contribution in [3.05, 3.63) is 29.6 Å². The zero-order valence-corrected chi connectivity index (χ0v) is 7.77. The Hall–Kier alpha value is -1.46. The minimum absolute atomic E-state index is 0.119. The molecule has 0 aliphatic carbocycles. The summed E-state index contributed by atoms with van der Waals surface area (Å²) in [6, 6.07) is 3.13. The number of aliphatic hydroxyl groups is 1. The Morgan fingerprint density at radius 1 is 1.71 bits per heavy atom. The molecule has 5 heteroatoms. The molecule has 0 aromatic carbocycles. The Labute approximate surface area is 81.2 Å². The van der Waals surface area contributed by atoms with Crippen LogP contribution in [-0.2, 0) is 5.54 Å². The van der Waals surface area contributed by atoms with Gasteiger partial charge < -0.3 is 15.9 Å². The Bertz CT molecular complexity index is 350. The van der Waals surface area contributed by atoms with E-state index < -0.39 is 11.5 Å². The fraction of sp³-hybridized carbons (Fsp3) is 0.333. The number of aromatic nitrogens is 1. The Morgan fingerprint density at radius 2 is 2.36 bits per heavy atom. The smallest absolute Gasteiger partial charge is 0.354 e. The summed E-state index contributed by atoms with van der Waals surface area (Å²) in [5.41, 5.74) is 4.85. The van der Waals surface area contributed by atoms with Gasteiger partial charge in [0, 0.05) is 11.8 Å². The highest BCUT2D eigenvalue weighted by Crippen LogP contribution is 2.19. The number of pyridine rings is 1. The van der Waals surface area contributed by atoms with Crippen LogP contribution in [-0.4, -0.2) is 27.8 Å². The van der Waals surface area contributed by atoms with Crippen LogP contribution in [0.25, 0.3) is 0 Å². The summed E-state index contributed by atoms with van der Waals surface area (Å²) in [7, 11) is 0. The van der Waals surface area contributed by atoms with Crippen molar-refractivity contribution < 1.29 is 15.0 Å². The van der Waals surface area contributed by atoms with E-state index in [2.05, 4.69) is 4.98 Å². The molecular formula is C9H12N2O3. The topological polar surface area (TPSA) is 96.4 Å². The molecule has 1 heterocycles. The lowest BCUT2D eigenvalue weighted by Crippen LogP contribution is -2.38. The van der Waals surface area contributed by atoms with Gasteiger partial charge in [-0.15, -0.1) is 0 Å². The number of hydrogen-bond acceptors (Lipinski definition) is 4. The van der Waals surface area contributed by atoms with Crippen LogP contribution < -0.4 is 5.73 Å². The maximum absolute atomic E-state index is 10.8. The van der Waals surface area contributed by atoms with Crippen LogP contribution in [0.5, 0.6) is 0 Å². The van der Waals surface area contributed by atoms with Gasteiger partial charge in [0.05, 0.1) is 12.1 Å². The minimum Gasteiger partial charge on any atom is -0.477 e. The number of aromatic carboxylic acids is 1. The van der Waals surface area contributed by atoms with E-state index in [1.54, 1.807) is 19.1 Å². The summed E-state index contributed by atoms with van der Waals surface area (Å²) in [6.07, 6.45) is 1.38. The fourth-order valence-corrected chi connectivity index (χ4v) is 1.12. The molecule has 0 spiro atoms. The van der Waals surface area contributed by atoms with Gasteiger partial charge in [0.25, 0.3) is 0 Å². The average Bonchev–Trinajstić information content (AvgIpc) is 2.18. The largest absolute Gasteiger partial charge is 0.477 e. The van der Waals surface area contributed by atoms with Gasteiger partial charge in [0.2, 0.25) is 0 Å². The molecule has 0 aliphatic rings. The average molecular weight is 196 g/mol. The lowest BCUT2D eigenvalue weighted by Gasteiger charge is -2.23. The molecule has 0 bridgehead atoms. The number of carboxylic acid groups (broad SMARTS) is 1. The quantitative estimate of drug-likeness (QED) is 0.629. The number of rotatable bonds is 3. The number of carboxylic acids is 1. The number of aliphatic hydroxyl groups excluding tert-OH is 1. The molecule has 0 saturated carbocycles. The summed E-state index contributed by atoms with van der Waals surface area (Å²) in [5.74, 6) is -1.15. The van der Waals surface area contributed by atoms with Crippen LogP contribution in [0.4, 0.5) is 0 Å². The van der Waals surface area contributed by atoms with Crippen LogP contribution in [0.2, 0.25) is 0 Å². The molecular weight excluding hydrogens is 184 g/mol. The molecule has 1 atom stereocenters. The van der Waals surface area contributed by atoms with Crippen molar-refractivity contribution >= 4 is 5.97 Å². The Balaban J connectivity index is 3.27. The fourth-order valence-electron chi connectivity index (χ4n) is 1.12. The molecule has 1 aromatic rings. The molecule has 1 rings (SSSR count). The standard InChI is InChI=1S/C9H12N2O3/c1-9(10,5-12)6-3-2-4-11-7(6)8(13)14/h2-4,12H,5,10H2,1H3,(H,13,14). The molecule has 0 saturated heterocycles. The molecule has 76 valence electrons. The predicted molar refractivity (Wildman–Crippen MR) is 49.8 cm³/mol. The van der Waals surface area contributed by atoms with E-state index in [9.17, 15) is 4.79 Å². The highest BCUT2D eigenvalue weighted by molar-refractivity contribution is 5.87. The second-order valence-corrected chi connectivity index (χ2v) is 3.28. The SMILES string of the molecule is CC(N)(CO)c1cccnc1C(=O)O. The van der Waals surface area contributed by atoms with Crippen LogP contribution in [0.3, 0.4) is 0 Å². The van der Waals surface area contributed by atoms with Crippen molar-refractivity contribution in [2.45, 2.75) is 12.5 Å². The van der Waals surface area contributed by atoms with Crippen LogP contribution in [0.1, 0.15) is 23.0 Å². The first-order valence-electron chi connectivity index (χ1n) is 4.07. The van der Waals surface area contributed by atoms with Crippen LogP contribution >= 0.6 is 0 Å². The third kappa shape index (κ3) is 1.89. The number of nitrogens with zero attached hydrogens (tertiary/aromatic N) is 1. The third-order valence-corrected chi connectivity index (χ3v) is 1.95. The van der Waals surface area contributed by atoms with Crippen molar-refractivity contribution in [2.24, 2.45) is 5.73 Å². The van der Waals surface area contributed by atoms with E-state index in [4.69, 9.17) is 15.9 Å². The summed E-state index contributed by atoms with van der Waals surface area (Å²) in [5, 5.41) is 17.8. The van der Waals surface area contributed by atoms with Crippen molar-refractivity contribution in [1.29, 1.82) is 0 Å². The molecule has 1 unspecified atom stereocenters. The Morgan fingerprint density at radius 3 is 2.86 bits per heavy atom. The summed E-state index contributed by atoms with van der Waals surface area (Å²) in [4.78, 5) is 14.5. The summed E-state index contributed by atoms with van der Waals surface area (Å²) >= 11 is 0. The van der Waals surface area contributed by atoms with Gasteiger partial charge in [-0.1, -0.05) is 6.07 Å². The van der Waals surface area contributed by atoms with Crippen molar-refractivity contribution in [3.63, 3.8) is 0 Å². The van der Waals surface area contributed by atoms with Gasteiger partial charge in [-0.2, -0.15) is 0 Å². The van der Waals surface area contributed by atoms with E-state index in [1.165, 1.54) is 6.20 Å². The first-order valence-corrected chi connectivity index (χ1v) is 4.07. The maximum Gasteiger partial charge on any atom is 0.354 e. The lowest BCUT2D eigenvalue weighted by atomic mass is 9.93. The Kier molecular flexibility index (Phi) is 2.83. The number of carbonyl (C=O) groups is 1. The lowest BCUT2D eigenvalue weighted by molar-refractivity contribution is 0.0685. The second kappa shape index (κ2) is 3.73. The van der Waals surface area contributed by atoms with E-state index in [0.29, 0.717) is 5.56 Å². The zero-order valence-electron chi connectivity index (χ0n) is 7.77. The second-order valence-electron chi connectivity index (χ2n) is 3.28. The van der Waals surface area contributed by atoms with Crippen molar-refractivity contribution in [2.75, 3.05) is 6.61 Å². The van der Waals surface area contributed by atoms with Crippen molar-refractivity contribution in [1.82, 2.24) is 4.98 Å². The van der Waals surface area contributed by atoms with Crippen LogP contribution in [0, 0.1) is 0 Å². The van der Waals surface area contributed by atoms with Gasteiger partial charge in [0.15, 0.2) is 5.69 Å². The van der Waals surface area contributed by atoms with E-state index >= 15 is 0 Å². The molecule has 0 amide bonds. The molecule has 1 aromatic heterocycles. The van der Waals surface area contributed by atoms with Gasteiger partial charge >= 0.3 is 5.97 Å². The van der Waals surface area contributed by atoms with Gasteiger partial charge in [0.1, 0.15) is 0 Å². The van der Waals surface area contributed by atoms with Crippen molar-refractivity contribution in [3.8, 4) is 0 Å². The molecule has 5 nitrogen and oxygen atoms in total. The highest BCUT2D eigenvalue weighted by Gasteiger charge is 2.26. The molecule has 0 aliphatic heterocycles. The van der Waals surface area contributed by atoms with E-state index in [-0.39, 0.29) is 12.3 Å². The summed E-state index contributed by atoms with van der Waals surface area (Å²) < 4.78 is 0. The minimum atomic E-state index is -1.15. The van der Waals surface area contributed by atoms with Gasteiger partial charge in [-0.25, -0.2) is 9.78 Å². The third-order valence-electron chi connectivity index (χ3n) is 1.95. The predicted octanol–water partition coefficient (Wildman–Crippen LogP) is -0.0540. The van der Waals surface area contributed by atoms with E-state index in [1.807, 2.05) is 0 Å². The first kappa shape index (κ1) is 10.6. The van der Waals surface area contributed by atoms with Gasteiger partial charge in [-0.05, 0) is 13.0 Å². The monoisotopic (exact) mass is 196 g/mol. The first-order chi connectivity index (χ1) is 6.49. The van der Waals surface area contributed by atoms with Gasteiger partial charge in [-0.3, -0.25) is 0 Å². The molecule has 14 heavy (non-hydrogen) atoms. The highest BCUT2D eigenvalue weighted by atomic mass is 16.4. The molecule has 0 radical (unpaired) electrons. The maximum atomic E-state index is 10.8. The number of hydrogen-bond donors (Lipinski definition) is 3. The molecule has 4 N–H and O–H groups in total. The van der Waals surface area contributed by atoms with Crippen LogP contribution in [0.15, 0.2) is 18.3 Å². The zero-order chi connectivity index (χ0) is 10.8. The van der Waals surface area contributed by atoms with E-state index in [0.717, 1.165) is 0 Å². The summed E-state index contributed by atoms with van der Waals surface area (Å²) in [6.45, 7) is 1.22. The molecule has 0 fully saturated rings. The number of nitrogens with two attached hydrogens (primary N) is 1.